The first-order chi connectivity index (χ1) is 14.7. The monoisotopic (exact) mass is 523 g/mol. The van der Waals surface area contributed by atoms with Gasteiger partial charge in [0.2, 0.25) is 0 Å². The van der Waals surface area contributed by atoms with Gasteiger partial charge < -0.3 is 0 Å². The number of hydrogen-bond donors (Lipinski definition) is 1. The maximum atomic E-state index is 10.2. The molecule has 1 N–H and O–H groups in total. The Morgan fingerprint density at radius 2 is 1.23 bits per heavy atom. The second kappa shape index (κ2) is 15.7. The molecular weight excluding hydrogens is 483 g/mol. The van der Waals surface area contributed by atoms with Crippen molar-refractivity contribution >= 4 is 0 Å². The van der Waals surface area contributed by atoms with Crippen molar-refractivity contribution in [1.29, 1.82) is 0 Å². The summed E-state index contributed by atoms with van der Waals surface area (Å²) in [5.41, 5.74) is 1.31. The van der Waals surface area contributed by atoms with Crippen LogP contribution in [0.3, 0.4) is 0 Å². The normalized spacial score (nSPS) is 12.2. The number of aliphatic hydroxyl groups excluding tert-OH is 1. The molecule has 0 amide bonds. The van der Waals surface area contributed by atoms with Crippen molar-refractivity contribution in [3.05, 3.63) is 61.2 Å². The van der Waals surface area contributed by atoms with Crippen LogP contribution in [0.25, 0.3) is 0 Å². The third-order valence-corrected chi connectivity index (χ3v) is 8.06. The molecule has 0 saturated carbocycles. The molecule has 168 valence electrons. The van der Waals surface area contributed by atoms with Gasteiger partial charge in [0.25, 0.3) is 0 Å². The van der Waals surface area contributed by atoms with E-state index in [2.05, 4.69) is 50.2 Å². The van der Waals surface area contributed by atoms with Gasteiger partial charge in [-0.05, 0) is 0 Å². The van der Waals surface area contributed by atoms with Crippen molar-refractivity contribution in [2.24, 2.45) is 0 Å². The van der Waals surface area contributed by atoms with Crippen LogP contribution in [0.1, 0.15) is 83.1 Å². The Morgan fingerprint density at radius 1 is 0.733 bits per heavy atom. The summed E-state index contributed by atoms with van der Waals surface area (Å²) < 4.78 is 8.61. The van der Waals surface area contributed by atoms with E-state index in [4.69, 9.17) is 4.74 Å². The fraction of sp³-hybridized carbons (Fsp3) is 0.556. The molecule has 1 atom stereocenters. The number of ether oxygens (including phenoxy) is 1. The molecule has 2 aromatic rings. The van der Waals surface area contributed by atoms with Gasteiger partial charge in [-0.1, -0.05) is 45.4 Å². The number of aryl methyl sites for hydroxylation is 1. The van der Waals surface area contributed by atoms with Crippen molar-refractivity contribution < 1.29 is 31.0 Å². The molecule has 2 aromatic carbocycles. The molecule has 1 unspecified atom stereocenters. The fourth-order valence-electron chi connectivity index (χ4n) is 3.46. The molecule has 0 fully saturated rings. The molecule has 0 aliphatic carbocycles. The summed E-state index contributed by atoms with van der Waals surface area (Å²) in [5, 5.41) is 10.2. The number of benzene rings is 2. The molecule has 0 heterocycles. The summed E-state index contributed by atoms with van der Waals surface area (Å²) in [5.74, 6) is 0.855. The Bertz CT molecular complexity index is 666. The molecule has 0 aliphatic heterocycles. The van der Waals surface area contributed by atoms with Crippen LogP contribution in [0, 0.1) is 14.1 Å². The minimum absolute atomic E-state index is 0.144. The topological polar surface area (TPSA) is 29.5 Å². The zero-order valence-corrected chi connectivity index (χ0v) is 21.1. The molecule has 0 aliphatic rings. The first-order valence-corrected chi connectivity index (χ1v) is 14.0. The average Bonchev–Trinajstić information content (AvgIpc) is 2.76. The SMILES string of the molecule is CCCCCCCCCCCCC(O)COc1ccc([I-]c2ccc(C)cc2)cc1. The second-order valence-corrected chi connectivity index (χ2v) is 11.3. The molecule has 0 aromatic heterocycles. The summed E-state index contributed by atoms with van der Waals surface area (Å²) in [6, 6.07) is 17.2. The molecule has 0 spiro atoms. The minimum atomic E-state index is -0.362. The van der Waals surface area contributed by atoms with Crippen LogP contribution in [0.15, 0.2) is 48.5 Å². The Labute approximate surface area is 194 Å². The number of aliphatic hydroxyl groups is 1. The third kappa shape index (κ3) is 11.4. The Kier molecular flexibility index (Phi) is 13.2. The Balaban J connectivity index is 1.52. The molecule has 30 heavy (non-hydrogen) atoms. The van der Waals surface area contributed by atoms with E-state index in [1.807, 2.05) is 12.1 Å². The van der Waals surface area contributed by atoms with Gasteiger partial charge in [-0.15, -0.1) is 0 Å². The molecule has 0 saturated heterocycles. The first-order valence-electron chi connectivity index (χ1n) is 11.8. The van der Waals surface area contributed by atoms with E-state index in [1.54, 1.807) is 0 Å². The molecule has 3 heteroatoms. The van der Waals surface area contributed by atoms with Crippen molar-refractivity contribution in [3.8, 4) is 5.75 Å². The molecular formula is C27H40IO2-. The van der Waals surface area contributed by atoms with E-state index in [1.165, 1.54) is 70.5 Å². The van der Waals surface area contributed by atoms with E-state index >= 15 is 0 Å². The van der Waals surface area contributed by atoms with Crippen molar-refractivity contribution in [3.63, 3.8) is 0 Å². The van der Waals surface area contributed by atoms with Gasteiger partial charge >= 0.3 is 150 Å². The van der Waals surface area contributed by atoms with Gasteiger partial charge in [-0.3, -0.25) is 0 Å². The van der Waals surface area contributed by atoms with Crippen LogP contribution >= 0.6 is 0 Å². The van der Waals surface area contributed by atoms with Gasteiger partial charge in [-0.2, -0.15) is 0 Å². The van der Waals surface area contributed by atoms with Crippen LogP contribution in [-0.2, 0) is 0 Å². The maximum absolute atomic E-state index is 10.2. The van der Waals surface area contributed by atoms with Crippen LogP contribution in [-0.4, -0.2) is 17.8 Å². The van der Waals surface area contributed by atoms with Gasteiger partial charge in [0.15, 0.2) is 0 Å². The van der Waals surface area contributed by atoms with Gasteiger partial charge in [-0.25, -0.2) is 0 Å². The molecule has 2 nitrogen and oxygen atoms in total. The summed E-state index contributed by atoms with van der Waals surface area (Å²) >= 11 is -0.144. The summed E-state index contributed by atoms with van der Waals surface area (Å²) in [4.78, 5) is 0. The van der Waals surface area contributed by atoms with Crippen molar-refractivity contribution in [2.45, 2.75) is 90.6 Å². The van der Waals surface area contributed by atoms with E-state index in [9.17, 15) is 5.11 Å². The summed E-state index contributed by atoms with van der Waals surface area (Å²) in [6.45, 7) is 4.78. The van der Waals surface area contributed by atoms with Crippen molar-refractivity contribution in [1.82, 2.24) is 0 Å². The number of halogens is 1. The summed E-state index contributed by atoms with van der Waals surface area (Å²) in [6.07, 6.45) is 13.7. The van der Waals surface area contributed by atoms with Crippen LogP contribution in [0.5, 0.6) is 5.75 Å². The van der Waals surface area contributed by atoms with Crippen LogP contribution in [0.2, 0.25) is 0 Å². The van der Waals surface area contributed by atoms with E-state index in [0.717, 1.165) is 18.6 Å². The predicted molar refractivity (Wildman–Crippen MR) is 123 cm³/mol. The molecule has 0 bridgehead atoms. The predicted octanol–water partition coefficient (Wildman–Crippen LogP) is 4.17. The quantitative estimate of drug-likeness (QED) is 0.264. The van der Waals surface area contributed by atoms with Gasteiger partial charge in [0, 0.05) is 0 Å². The van der Waals surface area contributed by atoms with Crippen LogP contribution in [0.4, 0.5) is 0 Å². The van der Waals surface area contributed by atoms with E-state index < -0.39 is 0 Å². The fourth-order valence-corrected chi connectivity index (χ4v) is 5.62. The zero-order chi connectivity index (χ0) is 21.4. The molecule has 2 rings (SSSR count). The summed E-state index contributed by atoms with van der Waals surface area (Å²) in [7, 11) is 0. The van der Waals surface area contributed by atoms with Gasteiger partial charge in [0.1, 0.15) is 0 Å². The number of rotatable bonds is 16. The average molecular weight is 524 g/mol. The number of unbranched alkanes of at least 4 members (excludes halogenated alkanes) is 9. The second-order valence-electron chi connectivity index (χ2n) is 8.28. The Morgan fingerprint density at radius 3 is 1.80 bits per heavy atom. The number of hydrogen-bond acceptors (Lipinski definition) is 2. The van der Waals surface area contributed by atoms with E-state index in [0.29, 0.717) is 6.61 Å². The standard InChI is InChI=1S/C27H40IO2/c1-3-4-5-6-7-8-9-10-11-12-13-26(29)22-30-27-20-18-25(19-21-27)28-24-16-14-23(2)15-17-24/h14-21,26,29H,3-13,22H2,1-2H3/q-1. The van der Waals surface area contributed by atoms with Gasteiger partial charge in [0.05, 0.1) is 0 Å². The molecule has 0 radical (unpaired) electrons. The van der Waals surface area contributed by atoms with E-state index in [-0.39, 0.29) is 27.3 Å². The van der Waals surface area contributed by atoms with Crippen molar-refractivity contribution in [2.75, 3.05) is 6.61 Å². The van der Waals surface area contributed by atoms with Crippen LogP contribution < -0.4 is 25.9 Å². The Hall–Kier alpha value is -1.07. The first kappa shape index (κ1) is 25.2. The zero-order valence-electron chi connectivity index (χ0n) is 18.9. The third-order valence-electron chi connectivity index (χ3n) is 5.38.